The quantitative estimate of drug-likeness (QED) is 0.831. The highest BCUT2D eigenvalue weighted by atomic mass is 32.1. The fourth-order valence-electron chi connectivity index (χ4n) is 2.73. The number of aromatic nitrogens is 1. The summed E-state index contributed by atoms with van der Waals surface area (Å²) in [6.45, 7) is 7.40. The third-order valence-electron chi connectivity index (χ3n) is 3.81. The van der Waals surface area contributed by atoms with E-state index in [-0.39, 0.29) is 0 Å². The van der Waals surface area contributed by atoms with Gasteiger partial charge in [-0.3, -0.25) is 4.90 Å². The second kappa shape index (κ2) is 7.16. The van der Waals surface area contributed by atoms with E-state index in [0.717, 1.165) is 39.1 Å². The van der Waals surface area contributed by atoms with Crippen LogP contribution < -0.4 is 5.32 Å². The number of benzene rings is 1. The minimum absolute atomic E-state index is 0.921. The van der Waals surface area contributed by atoms with Gasteiger partial charge in [0, 0.05) is 37.5 Å². The largest absolute Gasteiger partial charge is 0.310 e. The molecule has 0 atom stereocenters. The smallest absolute Gasteiger partial charge is 0.107 e. The summed E-state index contributed by atoms with van der Waals surface area (Å²) in [6, 6.07) is 10.7. The molecule has 1 N–H and O–H groups in total. The fourth-order valence-corrected chi connectivity index (χ4v) is 3.85. The Bertz CT molecular complexity index is 565. The van der Waals surface area contributed by atoms with Crippen molar-refractivity contribution in [2.24, 2.45) is 0 Å². The third kappa shape index (κ3) is 3.90. The van der Waals surface area contributed by atoms with E-state index in [4.69, 9.17) is 4.98 Å². The Balaban J connectivity index is 1.60. The summed E-state index contributed by atoms with van der Waals surface area (Å²) in [5, 5.41) is 4.69. The molecule has 112 valence electrons. The van der Waals surface area contributed by atoms with Gasteiger partial charge in [0.1, 0.15) is 5.01 Å². The van der Waals surface area contributed by atoms with E-state index in [1.54, 1.807) is 0 Å². The molecular formula is C17H23N3S. The van der Waals surface area contributed by atoms with Crippen molar-refractivity contribution in [1.29, 1.82) is 0 Å². The average molecular weight is 301 g/mol. The second-order valence-corrected chi connectivity index (χ2v) is 6.77. The van der Waals surface area contributed by atoms with Crippen molar-refractivity contribution in [2.45, 2.75) is 39.4 Å². The predicted molar refractivity (Wildman–Crippen MR) is 88.4 cm³/mol. The monoisotopic (exact) mass is 301 g/mol. The second-order valence-electron chi connectivity index (χ2n) is 5.60. The van der Waals surface area contributed by atoms with Crippen molar-refractivity contribution < 1.29 is 0 Å². The Morgan fingerprint density at radius 3 is 2.95 bits per heavy atom. The molecule has 0 radical (unpaired) electrons. The highest BCUT2D eigenvalue weighted by molar-refractivity contribution is 7.11. The van der Waals surface area contributed by atoms with Crippen molar-refractivity contribution in [3.8, 4) is 0 Å². The lowest BCUT2D eigenvalue weighted by molar-refractivity contribution is 0.247. The Kier molecular flexibility index (Phi) is 5.01. The minimum Gasteiger partial charge on any atom is -0.310 e. The first-order chi connectivity index (χ1) is 10.3. The van der Waals surface area contributed by atoms with Crippen molar-refractivity contribution in [1.82, 2.24) is 15.2 Å². The molecule has 1 aromatic carbocycles. The third-order valence-corrected chi connectivity index (χ3v) is 4.89. The van der Waals surface area contributed by atoms with Crippen LogP contribution in [0.25, 0.3) is 0 Å². The van der Waals surface area contributed by atoms with Gasteiger partial charge in [-0.15, -0.1) is 11.3 Å². The summed E-state index contributed by atoms with van der Waals surface area (Å²) >= 11 is 1.88. The Morgan fingerprint density at radius 2 is 2.14 bits per heavy atom. The van der Waals surface area contributed by atoms with Crippen LogP contribution in [0.3, 0.4) is 0 Å². The predicted octanol–water partition coefficient (Wildman–Crippen LogP) is 3.20. The van der Waals surface area contributed by atoms with Gasteiger partial charge in [-0.1, -0.05) is 37.3 Å². The molecule has 0 saturated carbocycles. The molecule has 0 fully saturated rings. The molecule has 1 aromatic heterocycles. The van der Waals surface area contributed by atoms with Crippen molar-refractivity contribution in [3.05, 3.63) is 51.5 Å². The zero-order valence-electron chi connectivity index (χ0n) is 12.6. The van der Waals surface area contributed by atoms with E-state index in [1.807, 2.05) is 11.3 Å². The maximum absolute atomic E-state index is 4.79. The van der Waals surface area contributed by atoms with Crippen LogP contribution in [0.1, 0.15) is 34.5 Å². The maximum Gasteiger partial charge on any atom is 0.107 e. The Hall–Kier alpha value is -1.23. The van der Waals surface area contributed by atoms with Crippen LogP contribution in [0.4, 0.5) is 0 Å². The summed E-state index contributed by atoms with van der Waals surface area (Å²) in [7, 11) is 0. The van der Waals surface area contributed by atoms with Gasteiger partial charge in [0.15, 0.2) is 0 Å². The van der Waals surface area contributed by atoms with Gasteiger partial charge in [0.25, 0.3) is 0 Å². The van der Waals surface area contributed by atoms with Gasteiger partial charge in [-0.2, -0.15) is 0 Å². The van der Waals surface area contributed by atoms with Crippen molar-refractivity contribution in [2.75, 3.05) is 13.1 Å². The van der Waals surface area contributed by atoms with Gasteiger partial charge >= 0.3 is 0 Å². The van der Waals surface area contributed by atoms with Gasteiger partial charge in [0.05, 0.1) is 5.69 Å². The summed E-state index contributed by atoms with van der Waals surface area (Å²) in [5.41, 5.74) is 2.73. The SMILES string of the molecule is CCCNCc1nc2c(s1)CN(Cc1ccccc1)CC2. The number of rotatable bonds is 6. The van der Waals surface area contributed by atoms with E-state index >= 15 is 0 Å². The fraction of sp³-hybridized carbons (Fsp3) is 0.471. The van der Waals surface area contributed by atoms with Crippen LogP contribution >= 0.6 is 11.3 Å². The van der Waals surface area contributed by atoms with Crippen LogP contribution in [0, 0.1) is 0 Å². The first-order valence-electron chi connectivity index (χ1n) is 7.79. The average Bonchev–Trinajstić information content (AvgIpc) is 2.90. The molecule has 21 heavy (non-hydrogen) atoms. The molecule has 4 heteroatoms. The van der Waals surface area contributed by atoms with E-state index in [2.05, 4.69) is 47.5 Å². The van der Waals surface area contributed by atoms with Gasteiger partial charge in [-0.05, 0) is 18.5 Å². The first-order valence-corrected chi connectivity index (χ1v) is 8.61. The number of thiazole rings is 1. The van der Waals surface area contributed by atoms with Crippen LogP contribution in [0.2, 0.25) is 0 Å². The van der Waals surface area contributed by atoms with Gasteiger partial charge in [0.2, 0.25) is 0 Å². The van der Waals surface area contributed by atoms with Gasteiger partial charge < -0.3 is 5.32 Å². The lowest BCUT2D eigenvalue weighted by atomic mass is 10.1. The molecular weight excluding hydrogens is 278 g/mol. The highest BCUT2D eigenvalue weighted by Gasteiger charge is 2.20. The van der Waals surface area contributed by atoms with E-state index in [0.29, 0.717) is 0 Å². The Labute approximate surface area is 131 Å². The molecule has 1 aliphatic rings. The maximum atomic E-state index is 4.79. The topological polar surface area (TPSA) is 28.2 Å². The Morgan fingerprint density at radius 1 is 1.29 bits per heavy atom. The molecule has 0 aliphatic carbocycles. The number of hydrogen-bond acceptors (Lipinski definition) is 4. The van der Waals surface area contributed by atoms with Crippen molar-refractivity contribution >= 4 is 11.3 Å². The van der Waals surface area contributed by atoms with Crippen LogP contribution in [-0.4, -0.2) is 23.0 Å². The highest BCUT2D eigenvalue weighted by Crippen LogP contribution is 2.26. The van der Waals surface area contributed by atoms with Crippen LogP contribution in [0.5, 0.6) is 0 Å². The van der Waals surface area contributed by atoms with E-state index in [1.165, 1.54) is 27.6 Å². The summed E-state index contributed by atoms with van der Waals surface area (Å²) in [4.78, 5) is 8.78. The molecule has 0 unspecified atom stereocenters. The van der Waals surface area contributed by atoms with E-state index < -0.39 is 0 Å². The molecule has 0 spiro atoms. The standard InChI is InChI=1S/C17H23N3S/c1-2-9-18-11-17-19-15-8-10-20(13-16(15)21-17)12-14-6-4-3-5-7-14/h3-7,18H,2,8-13H2,1H3. The molecule has 0 amide bonds. The zero-order valence-corrected chi connectivity index (χ0v) is 13.5. The molecule has 2 heterocycles. The molecule has 3 nitrogen and oxygen atoms in total. The van der Waals surface area contributed by atoms with Crippen LogP contribution in [0.15, 0.2) is 30.3 Å². The molecule has 3 rings (SSSR count). The minimum atomic E-state index is 0.921. The lowest BCUT2D eigenvalue weighted by Crippen LogP contribution is -2.29. The first kappa shape index (κ1) is 14.7. The van der Waals surface area contributed by atoms with Crippen molar-refractivity contribution in [3.63, 3.8) is 0 Å². The zero-order chi connectivity index (χ0) is 14.5. The molecule has 1 aliphatic heterocycles. The van der Waals surface area contributed by atoms with Crippen LogP contribution in [-0.2, 0) is 26.1 Å². The number of fused-ring (bicyclic) bond motifs is 1. The summed E-state index contributed by atoms with van der Waals surface area (Å²) in [5.74, 6) is 0. The van der Waals surface area contributed by atoms with E-state index in [9.17, 15) is 0 Å². The number of nitrogens with zero attached hydrogens (tertiary/aromatic N) is 2. The molecule has 0 saturated heterocycles. The summed E-state index contributed by atoms with van der Waals surface area (Å²) in [6.07, 6.45) is 2.27. The normalized spacial score (nSPS) is 15.1. The lowest BCUT2D eigenvalue weighted by Gasteiger charge is -2.25. The number of hydrogen-bond donors (Lipinski definition) is 1. The molecule has 2 aromatic rings. The summed E-state index contributed by atoms with van der Waals surface area (Å²) < 4.78 is 0. The van der Waals surface area contributed by atoms with Gasteiger partial charge in [-0.25, -0.2) is 4.98 Å². The number of nitrogens with one attached hydrogen (secondary N) is 1. The molecule has 0 bridgehead atoms.